The molecule has 0 spiro atoms. The third kappa shape index (κ3) is 3.99. The van der Waals surface area contributed by atoms with Crippen molar-refractivity contribution in [1.29, 1.82) is 0 Å². The number of piperidine rings is 1. The summed E-state index contributed by atoms with van der Waals surface area (Å²) < 4.78 is 24.7. The van der Waals surface area contributed by atoms with Gasteiger partial charge in [0.1, 0.15) is 0 Å². The summed E-state index contributed by atoms with van der Waals surface area (Å²) in [6.45, 7) is 2.64. The van der Waals surface area contributed by atoms with Crippen LogP contribution in [0.5, 0.6) is 0 Å². The van der Waals surface area contributed by atoms with Crippen LogP contribution in [0.2, 0.25) is 0 Å². The molecule has 106 valence electrons. The van der Waals surface area contributed by atoms with Crippen LogP contribution < -0.4 is 0 Å². The second-order valence-electron chi connectivity index (χ2n) is 5.17. The standard InChI is InChI=1S/C13H21N3O2S/c1-15(19(2,17)18)13-6-4-8-16(11-13)10-12-5-3-7-14-9-12/h3,5,7,9,13H,4,6,8,10-11H2,1-2H3. The smallest absolute Gasteiger partial charge is 0.211 e. The molecule has 1 aromatic heterocycles. The molecule has 1 aliphatic heterocycles. The van der Waals surface area contributed by atoms with Gasteiger partial charge in [-0.25, -0.2) is 12.7 Å². The van der Waals surface area contributed by atoms with E-state index in [0.29, 0.717) is 0 Å². The highest BCUT2D eigenvalue weighted by molar-refractivity contribution is 7.88. The summed E-state index contributed by atoms with van der Waals surface area (Å²) in [5, 5.41) is 0. The highest BCUT2D eigenvalue weighted by atomic mass is 32.2. The van der Waals surface area contributed by atoms with Gasteiger partial charge >= 0.3 is 0 Å². The lowest BCUT2D eigenvalue weighted by molar-refractivity contribution is 0.153. The van der Waals surface area contributed by atoms with Crippen LogP contribution in [-0.4, -0.2) is 55.0 Å². The molecule has 2 rings (SSSR count). The van der Waals surface area contributed by atoms with Gasteiger partial charge in [0.05, 0.1) is 6.26 Å². The van der Waals surface area contributed by atoms with Gasteiger partial charge in [-0.3, -0.25) is 9.88 Å². The molecule has 0 saturated carbocycles. The number of pyridine rings is 1. The molecule has 1 saturated heterocycles. The van der Waals surface area contributed by atoms with Crippen molar-refractivity contribution in [3.63, 3.8) is 0 Å². The maximum absolute atomic E-state index is 11.6. The van der Waals surface area contributed by atoms with Crippen LogP contribution in [0.15, 0.2) is 24.5 Å². The second kappa shape index (κ2) is 5.98. The minimum Gasteiger partial charge on any atom is -0.297 e. The van der Waals surface area contributed by atoms with Crippen LogP contribution in [0.4, 0.5) is 0 Å². The molecule has 0 aromatic carbocycles. The summed E-state index contributed by atoms with van der Waals surface area (Å²) in [5.74, 6) is 0. The quantitative estimate of drug-likeness (QED) is 0.825. The molecule has 1 aromatic rings. The van der Waals surface area contributed by atoms with Gasteiger partial charge in [-0.15, -0.1) is 0 Å². The lowest BCUT2D eigenvalue weighted by Gasteiger charge is -2.36. The zero-order valence-electron chi connectivity index (χ0n) is 11.5. The lowest BCUT2D eigenvalue weighted by Crippen LogP contribution is -2.47. The number of rotatable bonds is 4. The van der Waals surface area contributed by atoms with Gasteiger partial charge in [-0.05, 0) is 31.0 Å². The minimum absolute atomic E-state index is 0.0837. The van der Waals surface area contributed by atoms with Gasteiger partial charge < -0.3 is 0 Å². The topological polar surface area (TPSA) is 53.5 Å². The SMILES string of the molecule is CN(C1CCCN(Cc2cccnc2)C1)S(C)(=O)=O. The zero-order valence-corrected chi connectivity index (χ0v) is 12.3. The van der Waals surface area contributed by atoms with Crippen molar-refractivity contribution < 1.29 is 8.42 Å². The van der Waals surface area contributed by atoms with E-state index < -0.39 is 10.0 Å². The average Bonchev–Trinajstić information content (AvgIpc) is 2.38. The monoisotopic (exact) mass is 283 g/mol. The predicted octanol–water partition coefficient (Wildman–Crippen LogP) is 0.937. The summed E-state index contributed by atoms with van der Waals surface area (Å²) >= 11 is 0. The predicted molar refractivity (Wildman–Crippen MR) is 75.1 cm³/mol. The first-order chi connectivity index (χ1) is 8.97. The average molecular weight is 283 g/mol. The number of likely N-dealkylation sites (tertiary alicyclic amines) is 1. The van der Waals surface area contributed by atoms with Crippen molar-refractivity contribution in [2.75, 3.05) is 26.4 Å². The van der Waals surface area contributed by atoms with Gasteiger partial charge in [0.2, 0.25) is 10.0 Å². The van der Waals surface area contributed by atoms with E-state index in [0.717, 1.165) is 32.5 Å². The number of likely N-dealkylation sites (N-methyl/N-ethyl adjacent to an activating group) is 1. The Morgan fingerprint density at radius 3 is 2.95 bits per heavy atom. The third-order valence-corrected chi connectivity index (χ3v) is 4.99. The van der Waals surface area contributed by atoms with E-state index in [4.69, 9.17) is 0 Å². The van der Waals surface area contributed by atoms with Crippen LogP contribution in [0.25, 0.3) is 0 Å². The van der Waals surface area contributed by atoms with Crippen molar-refractivity contribution in [3.8, 4) is 0 Å². The summed E-state index contributed by atoms with van der Waals surface area (Å²) in [4.78, 5) is 6.41. The Balaban J connectivity index is 1.98. The molecule has 0 radical (unpaired) electrons. The molecule has 19 heavy (non-hydrogen) atoms. The van der Waals surface area contributed by atoms with E-state index in [9.17, 15) is 8.42 Å². The first kappa shape index (κ1) is 14.4. The van der Waals surface area contributed by atoms with Crippen LogP contribution in [-0.2, 0) is 16.6 Å². The highest BCUT2D eigenvalue weighted by Crippen LogP contribution is 2.18. The molecular formula is C13H21N3O2S. The molecule has 5 nitrogen and oxygen atoms in total. The third-order valence-electron chi connectivity index (χ3n) is 3.65. The van der Waals surface area contributed by atoms with Crippen LogP contribution >= 0.6 is 0 Å². The number of nitrogens with zero attached hydrogens (tertiary/aromatic N) is 3. The van der Waals surface area contributed by atoms with E-state index in [1.807, 2.05) is 12.3 Å². The first-order valence-corrected chi connectivity index (χ1v) is 8.36. The fraction of sp³-hybridized carbons (Fsp3) is 0.615. The molecule has 0 aliphatic carbocycles. The van der Waals surface area contributed by atoms with Crippen LogP contribution in [0.3, 0.4) is 0 Å². The minimum atomic E-state index is -3.10. The number of sulfonamides is 1. The van der Waals surface area contributed by atoms with E-state index in [2.05, 4.69) is 16.0 Å². The normalized spacial score (nSPS) is 21.7. The zero-order chi connectivity index (χ0) is 13.9. The summed E-state index contributed by atoms with van der Waals surface area (Å²) in [6.07, 6.45) is 6.87. The molecule has 1 fully saturated rings. The van der Waals surface area contributed by atoms with E-state index in [1.165, 1.54) is 16.1 Å². The fourth-order valence-corrected chi connectivity index (χ4v) is 3.21. The summed E-state index contributed by atoms with van der Waals surface area (Å²) in [6, 6.07) is 4.07. The Bertz CT molecular complexity index is 504. The van der Waals surface area contributed by atoms with Crippen molar-refractivity contribution >= 4 is 10.0 Å². The molecule has 0 N–H and O–H groups in total. The molecule has 6 heteroatoms. The molecule has 1 unspecified atom stereocenters. The van der Waals surface area contributed by atoms with Crippen LogP contribution in [0, 0.1) is 0 Å². The Morgan fingerprint density at radius 2 is 2.32 bits per heavy atom. The van der Waals surface area contributed by atoms with Gasteiger partial charge in [-0.2, -0.15) is 0 Å². The first-order valence-electron chi connectivity index (χ1n) is 6.51. The van der Waals surface area contributed by atoms with Crippen LogP contribution in [0.1, 0.15) is 18.4 Å². The second-order valence-corrected chi connectivity index (χ2v) is 7.21. The maximum atomic E-state index is 11.6. The van der Waals surface area contributed by atoms with Gasteiger partial charge in [0.15, 0.2) is 0 Å². The Morgan fingerprint density at radius 1 is 1.53 bits per heavy atom. The van der Waals surface area contributed by atoms with Gasteiger partial charge in [0, 0.05) is 38.6 Å². The molecule has 0 amide bonds. The molecule has 2 heterocycles. The van der Waals surface area contributed by atoms with E-state index >= 15 is 0 Å². The lowest BCUT2D eigenvalue weighted by atomic mass is 10.1. The Hall–Kier alpha value is -0.980. The van der Waals surface area contributed by atoms with Gasteiger partial charge in [0.25, 0.3) is 0 Å². The maximum Gasteiger partial charge on any atom is 0.211 e. The highest BCUT2D eigenvalue weighted by Gasteiger charge is 2.27. The summed E-state index contributed by atoms with van der Waals surface area (Å²) in [7, 11) is -1.43. The largest absolute Gasteiger partial charge is 0.297 e. The van der Waals surface area contributed by atoms with Gasteiger partial charge in [-0.1, -0.05) is 6.07 Å². The Labute approximate surface area is 115 Å². The molecule has 1 atom stereocenters. The Kier molecular flexibility index (Phi) is 4.54. The number of aromatic nitrogens is 1. The summed E-state index contributed by atoms with van der Waals surface area (Å²) in [5.41, 5.74) is 1.17. The molecule has 0 bridgehead atoms. The molecule has 1 aliphatic rings. The van der Waals surface area contributed by atoms with Crippen molar-refractivity contribution in [2.24, 2.45) is 0 Å². The number of hydrogen-bond acceptors (Lipinski definition) is 4. The van der Waals surface area contributed by atoms with Crippen molar-refractivity contribution in [1.82, 2.24) is 14.2 Å². The van der Waals surface area contributed by atoms with E-state index in [-0.39, 0.29) is 6.04 Å². The number of hydrogen-bond donors (Lipinski definition) is 0. The molecular weight excluding hydrogens is 262 g/mol. The fourth-order valence-electron chi connectivity index (χ4n) is 2.49. The van der Waals surface area contributed by atoms with E-state index in [1.54, 1.807) is 13.2 Å². The van der Waals surface area contributed by atoms with Crippen molar-refractivity contribution in [2.45, 2.75) is 25.4 Å². The van der Waals surface area contributed by atoms with Crippen molar-refractivity contribution in [3.05, 3.63) is 30.1 Å².